The molecular formula is C27H27N3O2. The molecule has 5 rings (SSSR count). The Kier molecular flexibility index (Phi) is 5.63. The van der Waals surface area contributed by atoms with E-state index in [9.17, 15) is 4.79 Å². The van der Waals surface area contributed by atoms with E-state index in [0.29, 0.717) is 13.0 Å². The highest BCUT2D eigenvalue weighted by Gasteiger charge is 2.34. The van der Waals surface area contributed by atoms with E-state index in [1.807, 2.05) is 35.2 Å². The van der Waals surface area contributed by atoms with Crippen molar-refractivity contribution in [3.05, 3.63) is 90.3 Å². The number of methoxy groups -OCH3 is 1. The molecule has 5 heteroatoms. The van der Waals surface area contributed by atoms with Gasteiger partial charge in [-0.25, -0.2) is 4.98 Å². The number of anilines is 1. The summed E-state index contributed by atoms with van der Waals surface area (Å²) < 4.78 is 7.67. The fourth-order valence-electron chi connectivity index (χ4n) is 4.64. The van der Waals surface area contributed by atoms with Gasteiger partial charge in [-0.1, -0.05) is 48.5 Å². The van der Waals surface area contributed by atoms with Gasteiger partial charge in [-0.3, -0.25) is 4.79 Å². The smallest absolute Gasteiger partial charge is 0.227 e. The maximum Gasteiger partial charge on any atom is 0.227 e. The SMILES string of the molecule is COc1cccc(N2CC(c3nc4ccccc4n3CCCc3ccccc3)CC2=O)c1. The van der Waals surface area contributed by atoms with Gasteiger partial charge in [0.25, 0.3) is 0 Å². The van der Waals surface area contributed by atoms with Gasteiger partial charge in [0.1, 0.15) is 11.6 Å². The Hall–Kier alpha value is -3.60. The minimum absolute atomic E-state index is 0.0674. The third-order valence-electron chi connectivity index (χ3n) is 6.23. The van der Waals surface area contributed by atoms with Gasteiger partial charge >= 0.3 is 0 Å². The molecule has 0 N–H and O–H groups in total. The summed E-state index contributed by atoms with van der Waals surface area (Å²) in [6.45, 7) is 1.52. The van der Waals surface area contributed by atoms with Crippen LogP contribution in [0.5, 0.6) is 5.75 Å². The number of rotatable bonds is 7. The monoisotopic (exact) mass is 425 g/mol. The Morgan fingerprint density at radius 2 is 1.81 bits per heavy atom. The second kappa shape index (κ2) is 8.87. The molecule has 4 aromatic rings. The molecule has 1 aliphatic heterocycles. The zero-order valence-electron chi connectivity index (χ0n) is 18.3. The summed E-state index contributed by atoms with van der Waals surface area (Å²) in [7, 11) is 1.64. The van der Waals surface area contributed by atoms with Crippen LogP contribution < -0.4 is 9.64 Å². The second-order valence-electron chi connectivity index (χ2n) is 8.31. The Bertz CT molecular complexity index is 1230. The summed E-state index contributed by atoms with van der Waals surface area (Å²) in [5.74, 6) is 1.97. The van der Waals surface area contributed by atoms with E-state index in [2.05, 4.69) is 53.1 Å². The average Bonchev–Trinajstić information content (AvgIpc) is 3.40. The van der Waals surface area contributed by atoms with Crippen molar-refractivity contribution in [3.8, 4) is 5.75 Å². The number of ether oxygens (including phenoxy) is 1. The number of imidazole rings is 1. The predicted octanol–water partition coefficient (Wildman–Crippen LogP) is 5.20. The molecule has 1 amide bonds. The molecule has 1 saturated heterocycles. The predicted molar refractivity (Wildman–Crippen MR) is 127 cm³/mol. The zero-order chi connectivity index (χ0) is 21.9. The summed E-state index contributed by atoms with van der Waals surface area (Å²) in [6, 6.07) is 26.6. The van der Waals surface area contributed by atoms with Crippen molar-refractivity contribution in [1.82, 2.24) is 9.55 Å². The van der Waals surface area contributed by atoms with Gasteiger partial charge < -0.3 is 14.2 Å². The van der Waals surface area contributed by atoms with Crippen LogP contribution in [-0.4, -0.2) is 29.1 Å². The van der Waals surface area contributed by atoms with E-state index in [1.165, 1.54) is 5.56 Å². The molecule has 1 aromatic heterocycles. The molecular weight excluding hydrogens is 398 g/mol. The van der Waals surface area contributed by atoms with Crippen molar-refractivity contribution in [1.29, 1.82) is 0 Å². The fourth-order valence-corrected chi connectivity index (χ4v) is 4.64. The highest BCUT2D eigenvalue weighted by atomic mass is 16.5. The van der Waals surface area contributed by atoms with E-state index in [1.54, 1.807) is 7.11 Å². The summed E-state index contributed by atoms with van der Waals surface area (Å²) in [6.07, 6.45) is 2.52. The number of aryl methyl sites for hydroxylation is 2. The van der Waals surface area contributed by atoms with Gasteiger partial charge in [0, 0.05) is 37.2 Å². The van der Waals surface area contributed by atoms with Crippen molar-refractivity contribution in [2.75, 3.05) is 18.6 Å². The molecule has 32 heavy (non-hydrogen) atoms. The minimum Gasteiger partial charge on any atom is -0.497 e. The molecule has 1 aliphatic rings. The number of hydrogen-bond acceptors (Lipinski definition) is 3. The van der Waals surface area contributed by atoms with Crippen LogP contribution in [-0.2, 0) is 17.8 Å². The van der Waals surface area contributed by atoms with Crippen LogP contribution in [0.25, 0.3) is 11.0 Å². The largest absolute Gasteiger partial charge is 0.497 e. The summed E-state index contributed by atoms with van der Waals surface area (Å²) in [5, 5.41) is 0. The molecule has 0 radical (unpaired) electrons. The maximum absolute atomic E-state index is 12.9. The van der Waals surface area contributed by atoms with Crippen molar-refractivity contribution >= 4 is 22.6 Å². The number of hydrogen-bond donors (Lipinski definition) is 0. The van der Waals surface area contributed by atoms with Crippen molar-refractivity contribution in [3.63, 3.8) is 0 Å². The van der Waals surface area contributed by atoms with Gasteiger partial charge in [0.05, 0.1) is 18.1 Å². The first kappa shape index (κ1) is 20.3. The number of carbonyl (C=O) groups excluding carboxylic acids is 1. The quantitative estimate of drug-likeness (QED) is 0.409. The van der Waals surface area contributed by atoms with Crippen LogP contribution in [0.3, 0.4) is 0 Å². The maximum atomic E-state index is 12.9. The fraction of sp³-hybridized carbons (Fsp3) is 0.259. The normalized spacial score (nSPS) is 16.1. The van der Waals surface area contributed by atoms with Crippen molar-refractivity contribution in [2.24, 2.45) is 0 Å². The first-order valence-corrected chi connectivity index (χ1v) is 11.2. The average molecular weight is 426 g/mol. The van der Waals surface area contributed by atoms with Gasteiger partial charge in [0.2, 0.25) is 5.91 Å². The Labute approximate surface area is 188 Å². The molecule has 162 valence electrons. The Balaban J connectivity index is 1.41. The van der Waals surface area contributed by atoms with Crippen LogP contribution in [0.2, 0.25) is 0 Å². The highest BCUT2D eigenvalue weighted by molar-refractivity contribution is 5.96. The lowest BCUT2D eigenvalue weighted by Gasteiger charge is -2.18. The lowest BCUT2D eigenvalue weighted by atomic mass is 10.1. The van der Waals surface area contributed by atoms with Gasteiger partial charge in [-0.15, -0.1) is 0 Å². The van der Waals surface area contributed by atoms with Crippen LogP contribution in [0, 0.1) is 0 Å². The van der Waals surface area contributed by atoms with E-state index < -0.39 is 0 Å². The lowest BCUT2D eigenvalue weighted by molar-refractivity contribution is -0.117. The van der Waals surface area contributed by atoms with Crippen LogP contribution in [0.4, 0.5) is 5.69 Å². The molecule has 1 atom stereocenters. The molecule has 0 spiro atoms. The number of carbonyl (C=O) groups is 1. The first-order valence-electron chi connectivity index (χ1n) is 11.2. The van der Waals surface area contributed by atoms with Crippen molar-refractivity contribution in [2.45, 2.75) is 31.7 Å². The van der Waals surface area contributed by atoms with E-state index in [0.717, 1.165) is 47.7 Å². The van der Waals surface area contributed by atoms with Gasteiger partial charge in [-0.05, 0) is 42.7 Å². The first-order chi connectivity index (χ1) is 15.7. The van der Waals surface area contributed by atoms with Gasteiger partial charge in [0.15, 0.2) is 0 Å². The van der Waals surface area contributed by atoms with Gasteiger partial charge in [-0.2, -0.15) is 0 Å². The van der Waals surface area contributed by atoms with Crippen LogP contribution in [0.15, 0.2) is 78.9 Å². The van der Waals surface area contributed by atoms with Crippen molar-refractivity contribution < 1.29 is 9.53 Å². The molecule has 1 fully saturated rings. The molecule has 0 aliphatic carbocycles. The Morgan fingerprint density at radius 3 is 2.66 bits per heavy atom. The lowest BCUT2D eigenvalue weighted by Crippen LogP contribution is -2.24. The number of para-hydroxylation sites is 2. The highest BCUT2D eigenvalue weighted by Crippen LogP contribution is 2.34. The summed E-state index contributed by atoms with van der Waals surface area (Å²) in [5.41, 5.74) is 4.36. The molecule has 1 unspecified atom stereocenters. The number of nitrogens with zero attached hydrogens (tertiary/aromatic N) is 3. The summed E-state index contributed by atoms with van der Waals surface area (Å²) >= 11 is 0. The topological polar surface area (TPSA) is 47.4 Å². The second-order valence-corrected chi connectivity index (χ2v) is 8.31. The third-order valence-corrected chi connectivity index (χ3v) is 6.23. The summed E-state index contributed by atoms with van der Waals surface area (Å²) in [4.78, 5) is 19.8. The Morgan fingerprint density at radius 1 is 1.00 bits per heavy atom. The molecule has 3 aromatic carbocycles. The number of amides is 1. The molecule has 5 nitrogen and oxygen atoms in total. The molecule has 2 heterocycles. The van der Waals surface area contributed by atoms with Crippen LogP contribution >= 0.6 is 0 Å². The van der Waals surface area contributed by atoms with E-state index in [-0.39, 0.29) is 11.8 Å². The van der Waals surface area contributed by atoms with E-state index >= 15 is 0 Å². The number of fused-ring (bicyclic) bond motifs is 1. The standard InChI is InChI=1S/C27H27N3O2/c1-32-23-13-7-12-22(18-23)30-19-21(17-26(30)31)27-28-24-14-5-6-15-25(24)29(27)16-8-11-20-9-3-2-4-10-20/h2-7,9-10,12-15,18,21H,8,11,16-17,19H2,1H3. The third kappa shape index (κ3) is 3.98. The molecule has 0 bridgehead atoms. The number of benzene rings is 3. The molecule has 0 saturated carbocycles. The number of aromatic nitrogens is 2. The minimum atomic E-state index is 0.0674. The van der Waals surface area contributed by atoms with E-state index in [4.69, 9.17) is 9.72 Å². The zero-order valence-corrected chi connectivity index (χ0v) is 18.3. The van der Waals surface area contributed by atoms with Crippen LogP contribution in [0.1, 0.15) is 30.1 Å².